The average Bonchev–Trinajstić information content (AvgIpc) is 2.81. The molecule has 1 N–H and O–H groups in total. The number of hydrogen-bond acceptors (Lipinski definition) is 4. The van der Waals surface area contributed by atoms with Crippen molar-refractivity contribution in [3.8, 4) is 5.75 Å². The Morgan fingerprint density at radius 3 is 2.89 bits per heavy atom. The van der Waals surface area contributed by atoms with Gasteiger partial charge < -0.3 is 10.0 Å². The molecule has 1 aromatic heterocycles. The van der Waals surface area contributed by atoms with Crippen LogP contribution in [0.15, 0.2) is 29.1 Å². The van der Waals surface area contributed by atoms with Crippen LogP contribution >= 0.6 is 11.3 Å². The standard InChI is InChI=1S/C13H14N2O2S/c1-9-5-11(16)3-4-12(9)13(17)15(2)6-10-7-18-8-14-10/h3-5,7-8,16H,6H2,1-2H3. The second-order valence-corrected chi connectivity index (χ2v) is 4.86. The summed E-state index contributed by atoms with van der Waals surface area (Å²) in [6, 6.07) is 4.76. The molecule has 4 nitrogen and oxygen atoms in total. The molecule has 1 aromatic carbocycles. The van der Waals surface area contributed by atoms with E-state index in [1.165, 1.54) is 17.4 Å². The molecule has 0 atom stereocenters. The van der Waals surface area contributed by atoms with Gasteiger partial charge in [0, 0.05) is 18.0 Å². The molecule has 0 bridgehead atoms. The molecule has 0 fully saturated rings. The maximum absolute atomic E-state index is 12.2. The van der Waals surface area contributed by atoms with Crippen molar-refractivity contribution in [2.45, 2.75) is 13.5 Å². The van der Waals surface area contributed by atoms with Crippen molar-refractivity contribution in [2.24, 2.45) is 0 Å². The molecule has 0 saturated heterocycles. The summed E-state index contributed by atoms with van der Waals surface area (Å²) in [4.78, 5) is 18.0. The van der Waals surface area contributed by atoms with Crippen molar-refractivity contribution in [3.63, 3.8) is 0 Å². The quantitative estimate of drug-likeness (QED) is 0.924. The number of carbonyl (C=O) groups is 1. The Bertz CT molecular complexity index is 552. The molecule has 94 valence electrons. The van der Waals surface area contributed by atoms with Gasteiger partial charge in [0.15, 0.2) is 0 Å². The number of thiazole rings is 1. The molecule has 5 heteroatoms. The SMILES string of the molecule is Cc1cc(O)ccc1C(=O)N(C)Cc1cscn1. The molecule has 0 spiro atoms. The zero-order valence-electron chi connectivity index (χ0n) is 10.3. The van der Waals surface area contributed by atoms with Gasteiger partial charge >= 0.3 is 0 Å². The molecule has 0 saturated carbocycles. The first kappa shape index (κ1) is 12.6. The lowest BCUT2D eigenvalue weighted by Crippen LogP contribution is -2.26. The van der Waals surface area contributed by atoms with Gasteiger partial charge in [-0.2, -0.15) is 0 Å². The van der Waals surface area contributed by atoms with Crippen LogP contribution in [0.1, 0.15) is 21.6 Å². The average molecular weight is 262 g/mol. The van der Waals surface area contributed by atoms with Gasteiger partial charge in [0.1, 0.15) is 5.75 Å². The van der Waals surface area contributed by atoms with Crippen LogP contribution in [-0.4, -0.2) is 27.9 Å². The molecule has 0 aliphatic carbocycles. The Kier molecular flexibility index (Phi) is 3.62. The number of aromatic hydroxyl groups is 1. The summed E-state index contributed by atoms with van der Waals surface area (Å²) in [6.07, 6.45) is 0. The molecule has 2 rings (SSSR count). The van der Waals surface area contributed by atoms with E-state index in [4.69, 9.17) is 0 Å². The van der Waals surface area contributed by atoms with Gasteiger partial charge in [0.2, 0.25) is 0 Å². The first-order valence-corrected chi connectivity index (χ1v) is 6.44. The normalized spacial score (nSPS) is 10.3. The number of phenols is 1. The maximum Gasteiger partial charge on any atom is 0.254 e. The highest BCUT2D eigenvalue weighted by atomic mass is 32.1. The van der Waals surface area contributed by atoms with E-state index in [0.717, 1.165) is 11.3 Å². The summed E-state index contributed by atoms with van der Waals surface area (Å²) in [5, 5.41) is 11.3. The predicted molar refractivity (Wildman–Crippen MR) is 70.8 cm³/mol. The van der Waals surface area contributed by atoms with Gasteiger partial charge in [-0.15, -0.1) is 11.3 Å². The van der Waals surface area contributed by atoms with Gasteiger partial charge in [-0.05, 0) is 30.7 Å². The van der Waals surface area contributed by atoms with E-state index in [9.17, 15) is 9.90 Å². The highest BCUT2D eigenvalue weighted by Gasteiger charge is 2.15. The van der Waals surface area contributed by atoms with Crippen LogP contribution < -0.4 is 0 Å². The third-order valence-corrected chi connectivity index (χ3v) is 3.31. The van der Waals surface area contributed by atoms with Crippen LogP contribution in [0.2, 0.25) is 0 Å². The summed E-state index contributed by atoms with van der Waals surface area (Å²) >= 11 is 1.51. The fourth-order valence-electron chi connectivity index (χ4n) is 1.72. The minimum Gasteiger partial charge on any atom is -0.508 e. The number of aromatic nitrogens is 1. The van der Waals surface area contributed by atoms with Crippen molar-refractivity contribution >= 4 is 17.2 Å². The Morgan fingerprint density at radius 1 is 1.50 bits per heavy atom. The molecular weight excluding hydrogens is 248 g/mol. The van der Waals surface area contributed by atoms with Gasteiger partial charge in [-0.25, -0.2) is 4.98 Å². The number of aryl methyl sites for hydroxylation is 1. The molecular formula is C13H14N2O2S. The maximum atomic E-state index is 12.2. The van der Waals surface area contributed by atoms with Crippen molar-refractivity contribution in [1.29, 1.82) is 0 Å². The van der Waals surface area contributed by atoms with Crippen LogP contribution in [0, 0.1) is 6.92 Å². The number of amides is 1. The van der Waals surface area contributed by atoms with Gasteiger partial charge in [0.05, 0.1) is 17.7 Å². The van der Waals surface area contributed by atoms with Crippen LogP contribution in [-0.2, 0) is 6.54 Å². The van der Waals surface area contributed by atoms with E-state index in [2.05, 4.69) is 4.98 Å². The highest BCUT2D eigenvalue weighted by molar-refractivity contribution is 7.07. The number of hydrogen-bond donors (Lipinski definition) is 1. The fourth-order valence-corrected chi connectivity index (χ4v) is 2.27. The van der Waals surface area contributed by atoms with Gasteiger partial charge in [0.25, 0.3) is 5.91 Å². The van der Waals surface area contributed by atoms with Crippen molar-refractivity contribution in [3.05, 3.63) is 45.9 Å². The van der Waals surface area contributed by atoms with Crippen LogP contribution in [0.5, 0.6) is 5.75 Å². The number of nitrogens with zero attached hydrogens (tertiary/aromatic N) is 2. The minimum absolute atomic E-state index is 0.0690. The van der Waals surface area contributed by atoms with E-state index in [1.54, 1.807) is 29.6 Å². The highest BCUT2D eigenvalue weighted by Crippen LogP contribution is 2.17. The van der Waals surface area contributed by atoms with E-state index < -0.39 is 0 Å². The summed E-state index contributed by atoms with van der Waals surface area (Å²) in [7, 11) is 1.74. The Morgan fingerprint density at radius 2 is 2.28 bits per heavy atom. The Balaban J connectivity index is 2.15. The molecule has 0 unspecified atom stereocenters. The third-order valence-electron chi connectivity index (χ3n) is 2.67. The zero-order chi connectivity index (χ0) is 13.1. The third kappa shape index (κ3) is 2.68. The van der Waals surface area contributed by atoms with E-state index in [-0.39, 0.29) is 11.7 Å². The first-order valence-electron chi connectivity index (χ1n) is 5.50. The van der Waals surface area contributed by atoms with Crippen LogP contribution in [0.3, 0.4) is 0 Å². The molecule has 18 heavy (non-hydrogen) atoms. The molecule has 0 aliphatic heterocycles. The van der Waals surface area contributed by atoms with Gasteiger partial charge in [-0.1, -0.05) is 0 Å². The van der Waals surface area contributed by atoms with Crippen molar-refractivity contribution < 1.29 is 9.90 Å². The van der Waals surface area contributed by atoms with Crippen LogP contribution in [0.25, 0.3) is 0 Å². The van der Waals surface area contributed by atoms with E-state index >= 15 is 0 Å². The van der Waals surface area contributed by atoms with E-state index in [1.807, 2.05) is 12.3 Å². The van der Waals surface area contributed by atoms with Crippen molar-refractivity contribution in [2.75, 3.05) is 7.05 Å². The topological polar surface area (TPSA) is 53.4 Å². The predicted octanol–water partition coefficient (Wildman–Crippen LogP) is 2.43. The molecule has 0 radical (unpaired) electrons. The number of carbonyl (C=O) groups excluding carboxylic acids is 1. The Hall–Kier alpha value is -1.88. The molecule has 1 amide bonds. The largest absolute Gasteiger partial charge is 0.508 e. The summed E-state index contributed by atoms with van der Waals surface area (Å²) in [6.45, 7) is 2.30. The summed E-state index contributed by atoms with van der Waals surface area (Å²) in [5.41, 5.74) is 4.00. The monoisotopic (exact) mass is 262 g/mol. The Labute approximate surface area is 110 Å². The van der Waals surface area contributed by atoms with Crippen molar-refractivity contribution in [1.82, 2.24) is 9.88 Å². The number of benzene rings is 1. The molecule has 2 aromatic rings. The second kappa shape index (κ2) is 5.18. The van der Waals surface area contributed by atoms with E-state index in [0.29, 0.717) is 12.1 Å². The smallest absolute Gasteiger partial charge is 0.254 e. The second-order valence-electron chi connectivity index (χ2n) is 4.14. The minimum atomic E-state index is -0.0690. The lowest BCUT2D eigenvalue weighted by Gasteiger charge is -2.17. The first-order chi connectivity index (χ1) is 8.58. The zero-order valence-corrected chi connectivity index (χ0v) is 11.1. The number of rotatable bonds is 3. The summed E-state index contributed by atoms with van der Waals surface area (Å²) < 4.78 is 0. The van der Waals surface area contributed by atoms with Crippen LogP contribution in [0.4, 0.5) is 0 Å². The lowest BCUT2D eigenvalue weighted by atomic mass is 10.1. The fraction of sp³-hybridized carbons (Fsp3) is 0.231. The summed E-state index contributed by atoms with van der Waals surface area (Å²) in [5.74, 6) is 0.103. The molecule has 0 aliphatic rings. The lowest BCUT2D eigenvalue weighted by molar-refractivity contribution is 0.0783. The van der Waals surface area contributed by atoms with Gasteiger partial charge in [-0.3, -0.25) is 4.79 Å². The number of phenolic OH excluding ortho intramolecular Hbond substituents is 1. The molecule has 1 heterocycles.